The van der Waals surface area contributed by atoms with Crippen LogP contribution in [0.25, 0.3) is 0 Å². The molecule has 0 unspecified atom stereocenters. The topological polar surface area (TPSA) is 37.4 Å². The number of ketones is 2. The molecule has 3 nitrogen and oxygen atoms in total. The molecule has 23 heavy (non-hydrogen) atoms. The molecule has 1 aromatic carbocycles. The molecular formula is C19H18ClNO2. The molecule has 4 heteroatoms. The second kappa shape index (κ2) is 5.64. The van der Waals surface area contributed by atoms with E-state index >= 15 is 0 Å². The molecular weight excluding hydrogens is 310 g/mol. The zero-order valence-corrected chi connectivity index (χ0v) is 13.7. The molecule has 0 fully saturated rings. The number of para-hydroxylation sites is 1. The maximum Gasteiger partial charge on any atom is 0.160 e. The van der Waals surface area contributed by atoms with E-state index in [2.05, 4.69) is 4.90 Å². The van der Waals surface area contributed by atoms with Crippen LogP contribution >= 0.6 is 11.6 Å². The number of carbonyl (C=O) groups is 2. The second-order valence-corrected chi connectivity index (χ2v) is 6.77. The van der Waals surface area contributed by atoms with Gasteiger partial charge >= 0.3 is 0 Å². The summed E-state index contributed by atoms with van der Waals surface area (Å²) in [4.78, 5) is 27.0. The molecule has 2 aliphatic carbocycles. The molecule has 118 valence electrons. The van der Waals surface area contributed by atoms with Gasteiger partial charge in [-0.2, -0.15) is 0 Å². The highest BCUT2D eigenvalue weighted by atomic mass is 35.5. The molecule has 0 spiro atoms. The number of allylic oxidation sites excluding steroid dienone is 4. The minimum Gasteiger partial charge on any atom is -0.316 e. The lowest BCUT2D eigenvalue weighted by Gasteiger charge is -2.40. The largest absolute Gasteiger partial charge is 0.316 e. The molecule has 1 aromatic rings. The molecule has 0 bridgehead atoms. The standard InChI is InChI=1S/C19H18ClNO2/c20-14-5-1-2-6-17(14)21-15-7-3-9-18(22)12(15)11-13-16(21)8-4-10-19(13)23/h1-2,5-6H,3-4,7-11H2. The van der Waals surface area contributed by atoms with Gasteiger partial charge in [0.25, 0.3) is 0 Å². The van der Waals surface area contributed by atoms with Crippen LogP contribution in [0.5, 0.6) is 0 Å². The van der Waals surface area contributed by atoms with Gasteiger partial charge in [-0.05, 0) is 37.8 Å². The predicted molar refractivity (Wildman–Crippen MR) is 90.3 cm³/mol. The second-order valence-electron chi connectivity index (χ2n) is 6.37. The highest BCUT2D eigenvalue weighted by Crippen LogP contribution is 2.45. The summed E-state index contributed by atoms with van der Waals surface area (Å²) in [5.41, 5.74) is 4.65. The zero-order valence-electron chi connectivity index (χ0n) is 12.9. The lowest BCUT2D eigenvalue weighted by atomic mass is 9.80. The van der Waals surface area contributed by atoms with Crippen molar-refractivity contribution >= 4 is 28.9 Å². The normalized spacial score (nSPS) is 21.5. The van der Waals surface area contributed by atoms with E-state index in [1.165, 1.54) is 0 Å². The Morgan fingerprint density at radius 3 is 1.96 bits per heavy atom. The summed E-state index contributed by atoms with van der Waals surface area (Å²) < 4.78 is 0. The van der Waals surface area contributed by atoms with Crippen LogP contribution < -0.4 is 4.90 Å². The van der Waals surface area contributed by atoms with Gasteiger partial charge in [-0.15, -0.1) is 0 Å². The molecule has 0 atom stereocenters. The van der Waals surface area contributed by atoms with E-state index in [0.29, 0.717) is 24.3 Å². The Morgan fingerprint density at radius 2 is 1.39 bits per heavy atom. The first-order valence-electron chi connectivity index (χ1n) is 8.22. The molecule has 0 aromatic heterocycles. The third-order valence-electron chi connectivity index (χ3n) is 4.99. The van der Waals surface area contributed by atoms with Crippen molar-refractivity contribution in [1.29, 1.82) is 0 Å². The quantitative estimate of drug-likeness (QED) is 0.758. The minimum absolute atomic E-state index is 0.188. The molecule has 1 heterocycles. The maximum atomic E-state index is 12.4. The first kappa shape index (κ1) is 14.7. The van der Waals surface area contributed by atoms with Gasteiger partial charge in [-0.3, -0.25) is 9.59 Å². The van der Waals surface area contributed by atoms with Crippen LogP contribution in [-0.2, 0) is 9.59 Å². The van der Waals surface area contributed by atoms with E-state index in [1.54, 1.807) is 0 Å². The Hall–Kier alpha value is -1.87. The Bertz CT molecular complexity index is 733. The summed E-state index contributed by atoms with van der Waals surface area (Å²) in [6.07, 6.45) is 5.18. The van der Waals surface area contributed by atoms with Gasteiger partial charge in [0.1, 0.15) is 0 Å². The molecule has 0 saturated heterocycles. The Labute approximate surface area is 140 Å². The van der Waals surface area contributed by atoms with Crippen molar-refractivity contribution in [3.8, 4) is 0 Å². The van der Waals surface area contributed by atoms with Gasteiger partial charge in [0, 0.05) is 41.8 Å². The molecule has 4 rings (SSSR count). The highest BCUT2D eigenvalue weighted by Gasteiger charge is 2.37. The van der Waals surface area contributed by atoms with Crippen LogP contribution in [0, 0.1) is 0 Å². The first-order valence-corrected chi connectivity index (χ1v) is 8.59. The molecule has 1 aliphatic heterocycles. The summed E-state index contributed by atoms with van der Waals surface area (Å²) in [6, 6.07) is 7.69. The third kappa shape index (κ3) is 2.34. The Kier molecular flexibility index (Phi) is 3.61. The number of halogens is 1. The number of benzene rings is 1. The summed E-state index contributed by atoms with van der Waals surface area (Å²) in [6.45, 7) is 0. The lowest BCUT2D eigenvalue weighted by molar-refractivity contribution is -0.116. The summed E-state index contributed by atoms with van der Waals surface area (Å²) in [7, 11) is 0. The van der Waals surface area contributed by atoms with Crippen LogP contribution in [-0.4, -0.2) is 11.6 Å². The lowest BCUT2D eigenvalue weighted by Crippen LogP contribution is -2.35. The van der Waals surface area contributed by atoms with Crippen molar-refractivity contribution in [2.45, 2.75) is 44.9 Å². The number of anilines is 1. The Balaban J connectivity index is 1.93. The molecule has 0 saturated carbocycles. The summed E-state index contributed by atoms with van der Waals surface area (Å²) >= 11 is 6.44. The summed E-state index contributed by atoms with van der Waals surface area (Å²) in [5.74, 6) is 0.376. The van der Waals surface area contributed by atoms with E-state index < -0.39 is 0 Å². The maximum absolute atomic E-state index is 12.4. The number of hydrogen-bond donors (Lipinski definition) is 0. The summed E-state index contributed by atoms with van der Waals surface area (Å²) in [5, 5.41) is 0.657. The van der Waals surface area contributed by atoms with Gasteiger partial charge in [0.2, 0.25) is 0 Å². The van der Waals surface area contributed by atoms with Crippen molar-refractivity contribution in [2.24, 2.45) is 0 Å². The average Bonchev–Trinajstić information content (AvgIpc) is 2.55. The van der Waals surface area contributed by atoms with Crippen LogP contribution in [0.15, 0.2) is 46.8 Å². The molecule has 0 amide bonds. The van der Waals surface area contributed by atoms with Crippen molar-refractivity contribution in [2.75, 3.05) is 4.90 Å². The van der Waals surface area contributed by atoms with Gasteiger partial charge in [-0.25, -0.2) is 0 Å². The van der Waals surface area contributed by atoms with Gasteiger partial charge in [0.05, 0.1) is 10.7 Å². The van der Waals surface area contributed by atoms with Gasteiger partial charge in [0.15, 0.2) is 11.6 Å². The van der Waals surface area contributed by atoms with Crippen molar-refractivity contribution in [3.05, 3.63) is 51.8 Å². The van der Waals surface area contributed by atoms with Gasteiger partial charge in [-0.1, -0.05) is 23.7 Å². The fraction of sp³-hybridized carbons (Fsp3) is 0.368. The molecule has 3 aliphatic rings. The van der Waals surface area contributed by atoms with Crippen LogP contribution in [0.4, 0.5) is 5.69 Å². The van der Waals surface area contributed by atoms with E-state index in [0.717, 1.165) is 53.9 Å². The number of hydrogen-bond acceptors (Lipinski definition) is 3. The van der Waals surface area contributed by atoms with Crippen molar-refractivity contribution in [1.82, 2.24) is 0 Å². The van der Waals surface area contributed by atoms with Crippen LogP contribution in [0.1, 0.15) is 44.9 Å². The smallest absolute Gasteiger partial charge is 0.160 e. The van der Waals surface area contributed by atoms with Crippen molar-refractivity contribution in [3.63, 3.8) is 0 Å². The fourth-order valence-electron chi connectivity index (χ4n) is 3.92. The zero-order chi connectivity index (χ0) is 16.0. The highest BCUT2D eigenvalue weighted by molar-refractivity contribution is 6.33. The molecule has 0 radical (unpaired) electrons. The van der Waals surface area contributed by atoms with Gasteiger partial charge < -0.3 is 4.90 Å². The van der Waals surface area contributed by atoms with E-state index in [-0.39, 0.29) is 11.6 Å². The van der Waals surface area contributed by atoms with Crippen LogP contribution in [0.2, 0.25) is 5.02 Å². The SMILES string of the molecule is O=C1CCCC2=C1CC1=C(CCCC1=O)N2c1ccccc1Cl. The van der Waals surface area contributed by atoms with Crippen LogP contribution in [0.3, 0.4) is 0 Å². The molecule has 0 N–H and O–H groups in total. The van der Waals surface area contributed by atoms with E-state index in [4.69, 9.17) is 11.6 Å². The Morgan fingerprint density at radius 1 is 0.826 bits per heavy atom. The minimum atomic E-state index is 0.188. The monoisotopic (exact) mass is 327 g/mol. The number of Topliss-reactive ketones (excluding diaryl/α,β-unsaturated/α-hetero) is 2. The van der Waals surface area contributed by atoms with E-state index in [1.807, 2.05) is 24.3 Å². The van der Waals surface area contributed by atoms with Crippen molar-refractivity contribution < 1.29 is 9.59 Å². The fourth-order valence-corrected chi connectivity index (χ4v) is 4.14. The first-order chi connectivity index (χ1) is 11.2. The average molecular weight is 328 g/mol. The van der Waals surface area contributed by atoms with E-state index in [9.17, 15) is 9.59 Å². The number of rotatable bonds is 1. The third-order valence-corrected chi connectivity index (χ3v) is 5.31. The number of carbonyl (C=O) groups excluding carboxylic acids is 2. The number of nitrogens with zero attached hydrogens (tertiary/aromatic N) is 1. The predicted octanol–water partition coefficient (Wildman–Crippen LogP) is 4.56.